The van der Waals surface area contributed by atoms with Gasteiger partial charge >= 0.3 is 0 Å². The molecule has 1 unspecified atom stereocenters. The smallest absolute Gasteiger partial charge is 0.255 e. The van der Waals surface area contributed by atoms with Crippen molar-refractivity contribution in [2.24, 2.45) is 0 Å². The van der Waals surface area contributed by atoms with Gasteiger partial charge in [-0.15, -0.1) is 0 Å². The van der Waals surface area contributed by atoms with Crippen molar-refractivity contribution in [1.82, 2.24) is 15.5 Å². The number of aryl methyl sites for hydroxylation is 1. The Bertz CT molecular complexity index is 1600. The van der Waals surface area contributed by atoms with E-state index in [1.54, 1.807) is 18.2 Å². The summed E-state index contributed by atoms with van der Waals surface area (Å²) >= 11 is 0. The van der Waals surface area contributed by atoms with Gasteiger partial charge in [0.25, 0.3) is 5.91 Å². The lowest BCUT2D eigenvalue weighted by Crippen LogP contribution is -2.52. The summed E-state index contributed by atoms with van der Waals surface area (Å²) in [5.41, 5.74) is 5.98. The highest BCUT2D eigenvalue weighted by Gasteiger charge is 2.39. The molecule has 3 N–H and O–H groups in total. The molecule has 43 heavy (non-hydrogen) atoms. The summed E-state index contributed by atoms with van der Waals surface area (Å²) in [5.74, 6) is -1.27. The number of benzene rings is 3. The minimum absolute atomic E-state index is 0.0311. The summed E-state index contributed by atoms with van der Waals surface area (Å²) in [4.78, 5) is 65.7. The second-order valence-corrected chi connectivity index (χ2v) is 11.2. The second kappa shape index (κ2) is 12.1. The third-order valence-electron chi connectivity index (χ3n) is 8.23. The Morgan fingerprint density at radius 3 is 2.49 bits per heavy atom. The van der Waals surface area contributed by atoms with Crippen LogP contribution in [0.3, 0.4) is 0 Å². The molecule has 0 saturated carbocycles. The molecule has 6 rings (SSSR count). The Kier molecular flexibility index (Phi) is 7.91. The fourth-order valence-electron chi connectivity index (χ4n) is 6.02. The maximum atomic E-state index is 12.9. The lowest BCUT2D eigenvalue weighted by Gasteiger charge is -2.30. The van der Waals surface area contributed by atoms with Crippen LogP contribution in [-0.4, -0.2) is 53.6 Å². The summed E-state index contributed by atoms with van der Waals surface area (Å²) in [6, 6.07) is 20.2. The van der Waals surface area contributed by atoms with Gasteiger partial charge in [-0.25, -0.2) is 0 Å². The molecule has 220 valence electrons. The van der Waals surface area contributed by atoms with Crippen LogP contribution in [-0.2, 0) is 45.1 Å². The summed E-state index contributed by atoms with van der Waals surface area (Å²) in [7, 11) is 0. The highest BCUT2D eigenvalue weighted by atomic mass is 16.2. The van der Waals surface area contributed by atoms with Crippen molar-refractivity contribution in [3.05, 3.63) is 94.5 Å². The van der Waals surface area contributed by atoms with Gasteiger partial charge in [0, 0.05) is 43.0 Å². The van der Waals surface area contributed by atoms with E-state index in [1.807, 2.05) is 36.4 Å². The van der Waals surface area contributed by atoms with Gasteiger partial charge in [0.2, 0.25) is 23.6 Å². The molecule has 0 bridgehead atoms. The number of nitrogens with one attached hydrogen (secondary N) is 3. The predicted molar refractivity (Wildman–Crippen MR) is 160 cm³/mol. The zero-order valence-corrected chi connectivity index (χ0v) is 23.7. The minimum Gasteiger partial charge on any atom is -0.362 e. The monoisotopic (exact) mass is 579 g/mol. The molecule has 1 saturated heterocycles. The lowest BCUT2D eigenvalue weighted by molar-refractivity contribution is -0.137. The number of imide groups is 1. The predicted octanol–water partition coefficient (Wildman–Crippen LogP) is 2.70. The fourth-order valence-corrected chi connectivity index (χ4v) is 6.02. The van der Waals surface area contributed by atoms with Crippen molar-refractivity contribution in [1.29, 1.82) is 0 Å². The van der Waals surface area contributed by atoms with E-state index in [1.165, 1.54) is 10.5 Å². The van der Waals surface area contributed by atoms with Gasteiger partial charge in [0.15, 0.2) is 0 Å². The standard InChI is InChI=1S/C33H33N5O5/c39-29-14-13-28(32(42)36-29)38-19-24-17-25(11-12-26(24)33(38)43)35-30(40)16-21-7-9-22(10-8-21)18-34-31(41)20-37-15-3-5-23-4-1-2-6-27(23)37/h1-2,4,6-12,17,28H,3,5,13-16,18-20H2,(H,34,41)(H,35,40)(H,36,39,42). The van der Waals surface area contributed by atoms with E-state index in [-0.39, 0.29) is 43.0 Å². The first-order valence-corrected chi connectivity index (χ1v) is 14.6. The van der Waals surface area contributed by atoms with E-state index in [0.717, 1.165) is 41.8 Å². The van der Waals surface area contributed by atoms with Crippen molar-refractivity contribution in [3.8, 4) is 0 Å². The van der Waals surface area contributed by atoms with Gasteiger partial charge in [-0.05, 0) is 65.8 Å². The van der Waals surface area contributed by atoms with Crippen molar-refractivity contribution in [3.63, 3.8) is 0 Å². The molecule has 10 heteroatoms. The van der Waals surface area contributed by atoms with Crippen molar-refractivity contribution < 1.29 is 24.0 Å². The summed E-state index contributed by atoms with van der Waals surface area (Å²) < 4.78 is 0. The number of anilines is 2. The average Bonchev–Trinajstić information content (AvgIpc) is 3.32. The molecule has 0 aromatic heterocycles. The first-order valence-electron chi connectivity index (χ1n) is 14.6. The number of carbonyl (C=O) groups excluding carboxylic acids is 5. The van der Waals surface area contributed by atoms with E-state index in [9.17, 15) is 24.0 Å². The first-order chi connectivity index (χ1) is 20.8. The van der Waals surface area contributed by atoms with Crippen LogP contribution in [0.4, 0.5) is 11.4 Å². The zero-order valence-electron chi connectivity index (χ0n) is 23.7. The number of hydrogen-bond donors (Lipinski definition) is 3. The Morgan fingerprint density at radius 2 is 1.67 bits per heavy atom. The van der Waals surface area contributed by atoms with Crippen molar-refractivity contribution in [2.45, 2.75) is 51.2 Å². The van der Waals surface area contributed by atoms with Crippen molar-refractivity contribution >= 4 is 40.9 Å². The van der Waals surface area contributed by atoms with Crippen LogP contribution in [0.25, 0.3) is 0 Å². The Morgan fingerprint density at radius 1 is 0.884 bits per heavy atom. The third kappa shape index (κ3) is 6.28. The molecule has 0 spiro atoms. The summed E-state index contributed by atoms with van der Waals surface area (Å²) in [6.45, 7) is 1.84. The number of hydrogen-bond acceptors (Lipinski definition) is 6. The topological polar surface area (TPSA) is 128 Å². The Labute approximate surface area is 249 Å². The van der Waals surface area contributed by atoms with Crippen LogP contribution < -0.4 is 20.9 Å². The molecule has 1 atom stereocenters. The maximum absolute atomic E-state index is 12.9. The van der Waals surface area contributed by atoms with E-state index >= 15 is 0 Å². The molecule has 3 aromatic rings. The SMILES string of the molecule is O=C(CN1CCCc2ccccc21)NCc1ccc(CC(=O)Nc2ccc3c(c2)CN(C2CCC(=O)NC2=O)C3=O)cc1. The highest BCUT2D eigenvalue weighted by molar-refractivity contribution is 6.05. The zero-order chi connectivity index (χ0) is 29.9. The first kappa shape index (κ1) is 28.1. The number of nitrogens with zero attached hydrogens (tertiary/aromatic N) is 2. The molecule has 1 fully saturated rings. The second-order valence-electron chi connectivity index (χ2n) is 11.2. The van der Waals surface area contributed by atoms with Crippen LogP contribution >= 0.6 is 0 Å². The van der Waals surface area contributed by atoms with Crippen molar-refractivity contribution in [2.75, 3.05) is 23.3 Å². The van der Waals surface area contributed by atoms with Crippen LogP contribution in [0.5, 0.6) is 0 Å². The molecule has 0 radical (unpaired) electrons. The van der Waals surface area contributed by atoms with Crippen LogP contribution in [0.15, 0.2) is 66.7 Å². The number of para-hydroxylation sites is 1. The van der Waals surface area contributed by atoms with Crippen LogP contribution in [0, 0.1) is 0 Å². The van der Waals surface area contributed by atoms with Gasteiger partial charge in [-0.2, -0.15) is 0 Å². The maximum Gasteiger partial charge on any atom is 0.255 e. The largest absolute Gasteiger partial charge is 0.362 e. The molecule has 3 aliphatic rings. The summed E-state index contributed by atoms with van der Waals surface area (Å²) in [5, 5.41) is 8.19. The highest BCUT2D eigenvalue weighted by Crippen LogP contribution is 2.30. The molecule has 10 nitrogen and oxygen atoms in total. The van der Waals surface area contributed by atoms with Crippen LogP contribution in [0.2, 0.25) is 0 Å². The number of piperidine rings is 1. The molecule has 3 aliphatic heterocycles. The number of carbonyl (C=O) groups is 5. The lowest BCUT2D eigenvalue weighted by atomic mass is 10.0. The van der Waals surface area contributed by atoms with Crippen LogP contribution in [0.1, 0.15) is 51.9 Å². The van der Waals surface area contributed by atoms with E-state index in [4.69, 9.17) is 0 Å². The Hall–Kier alpha value is -4.99. The normalized spacial score (nSPS) is 17.7. The molecule has 0 aliphatic carbocycles. The van der Waals surface area contributed by atoms with Gasteiger partial charge < -0.3 is 20.4 Å². The van der Waals surface area contributed by atoms with Gasteiger partial charge in [-0.3, -0.25) is 29.3 Å². The van der Waals surface area contributed by atoms with Gasteiger partial charge in [0.05, 0.1) is 13.0 Å². The number of rotatable bonds is 8. The minimum atomic E-state index is -0.681. The molecule has 3 heterocycles. The average molecular weight is 580 g/mol. The van der Waals surface area contributed by atoms with Gasteiger partial charge in [-0.1, -0.05) is 42.5 Å². The number of fused-ring (bicyclic) bond motifs is 2. The quantitative estimate of drug-likeness (QED) is 0.352. The number of amides is 5. The molecule has 5 amide bonds. The molecule has 3 aromatic carbocycles. The van der Waals surface area contributed by atoms with Gasteiger partial charge in [0.1, 0.15) is 6.04 Å². The third-order valence-corrected chi connectivity index (χ3v) is 8.23. The molecular formula is C33H33N5O5. The van der Waals surface area contributed by atoms with E-state index in [0.29, 0.717) is 30.8 Å². The molecular weight excluding hydrogens is 546 g/mol. The van der Waals surface area contributed by atoms with E-state index < -0.39 is 11.9 Å². The van der Waals surface area contributed by atoms with E-state index in [2.05, 4.69) is 33.0 Å². The Balaban J connectivity index is 0.985. The summed E-state index contributed by atoms with van der Waals surface area (Å²) in [6.07, 6.45) is 2.74. The fraction of sp³-hybridized carbons (Fsp3) is 0.303.